The van der Waals surface area contributed by atoms with Gasteiger partial charge < -0.3 is 45.9 Å². The van der Waals surface area contributed by atoms with Crippen LogP contribution in [-0.2, 0) is 80.9 Å². The number of fused-ring (bicyclic) bond motifs is 2. The van der Waals surface area contributed by atoms with Crippen LogP contribution in [0.15, 0.2) is 298 Å². The van der Waals surface area contributed by atoms with Crippen LogP contribution in [0.25, 0.3) is 43.8 Å². The fraction of sp³-hybridized carbons (Fsp3) is 0.0556. The molecule has 12 aromatic rings. The number of phenols is 2. The summed E-state index contributed by atoms with van der Waals surface area (Å²) in [5.41, 5.74) is -2.90. The predicted octanol–water partition coefficient (Wildman–Crippen LogP) is 5.29. The molecule has 12 rings (SSSR count). The van der Waals surface area contributed by atoms with Gasteiger partial charge in [-0.05, 0) is 183 Å². The van der Waals surface area contributed by atoms with Gasteiger partial charge in [-0.25, -0.2) is 50.5 Å². The molecule has 0 atom stereocenters. The van der Waals surface area contributed by atoms with Crippen LogP contribution in [0.5, 0.6) is 23.0 Å². The van der Waals surface area contributed by atoms with E-state index in [1.807, 2.05) is 0 Å². The summed E-state index contributed by atoms with van der Waals surface area (Å²) in [5.74, 6) is -1.21. The zero-order chi connectivity index (χ0) is 83.0. The molecule has 0 spiro atoms. The predicted molar refractivity (Wildman–Crippen MR) is 400 cm³/mol. The number of aromatic hydroxyl groups is 2. The first-order chi connectivity index (χ1) is 53.3. The molecule has 0 aliphatic carbocycles. The monoisotopic (exact) mass is 1770 g/mol. The molecule has 0 aliphatic rings. The van der Waals surface area contributed by atoms with Crippen LogP contribution in [0.3, 0.4) is 0 Å². The summed E-state index contributed by atoms with van der Waals surface area (Å²) in [4.78, 5) is -5.50. The second-order valence-electron chi connectivity index (χ2n) is 24.3. The van der Waals surface area contributed by atoms with E-state index >= 15 is 0 Å². The molecule has 45 heteroatoms. The molecule has 0 saturated carbocycles. The zero-order valence-electron chi connectivity index (χ0n) is 61.3. The third kappa shape index (κ3) is 22.2. The zero-order valence-corrected chi connectivity index (χ0v) is 73.9. The second-order valence-corrected chi connectivity index (χ2v) is 35.5. The van der Waals surface area contributed by atoms with E-state index in [9.17, 15) is 105 Å². The Balaban J connectivity index is 0.000000285. The smallest absolute Gasteiger partial charge is 0.744 e. The fourth-order valence-corrected chi connectivity index (χ4v) is 17.2. The number of hydrogen-bond donors (Lipinski definition) is 2. The molecular weight excluding hydrogens is 1720 g/mol. The van der Waals surface area contributed by atoms with Gasteiger partial charge in [-0.2, -0.15) is 47.5 Å². The van der Waals surface area contributed by atoms with Crippen molar-refractivity contribution in [2.45, 2.75) is 66.9 Å². The van der Waals surface area contributed by atoms with E-state index in [1.54, 1.807) is 12.1 Å². The Morgan fingerprint density at radius 3 is 0.718 bits per heavy atom. The quantitative estimate of drug-likeness (QED) is 0.0376. The maximum atomic E-state index is 12.6. The standard InChI is InChI=1S/2C36H28N4O13S4.3Na/c2*1-21-16-28(34(55(45,46)47)18-30(21)38-37-23-12-14-24(15-13-23)53-57(51,52)25-8-4-3-5-9-25)29-17-22(2)31(19-35(29)56(48,49)50)39-40-32-20-33(54(42,43)44)26-10-6-7-11-27(26)36(32)41;;;/h2*3-20,41H,1-2H3,(H,42,43,44)(H,45,46,47)(H,48,49,50);;;/q;;3*+1/p-6. The molecule has 0 aliphatic heterocycles. The molecule has 2 N–H and O–H groups in total. The van der Waals surface area contributed by atoms with Crippen molar-refractivity contribution >= 4 is 148 Å². The maximum absolute atomic E-state index is 12.6. The van der Waals surface area contributed by atoms with Gasteiger partial charge in [0.2, 0.25) is 0 Å². The van der Waals surface area contributed by atoms with Crippen molar-refractivity contribution in [2.75, 3.05) is 0 Å². The Morgan fingerprint density at radius 2 is 0.470 bits per heavy atom. The summed E-state index contributed by atoms with van der Waals surface area (Å²) >= 11 is 0. The average molecular weight is 1770 g/mol. The van der Waals surface area contributed by atoms with Crippen molar-refractivity contribution in [1.82, 2.24) is 0 Å². The molecule has 0 radical (unpaired) electrons. The minimum Gasteiger partial charge on any atom is -0.744 e. The molecule has 0 heterocycles. The Labute approximate surface area is 735 Å². The van der Waals surface area contributed by atoms with Crippen molar-refractivity contribution in [3.8, 4) is 45.3 Å². The van der Waals surface area contributed by atoms with Crippen LogP contribution in [0.2, 0.25) is 0 Å². The second kappa shape index (κ2) is 36.8. The van der Waals surface area contributed by atoms with E-state index in [2.05, 4.69) is 40.9 Å². The number of phenolic OH excluding ortho intramolecular Hbond substituents is 2. The van der Waals surface area contributed by atoms with Crippen molar-refractivity contribution in [2.24, 2.45) is 40.9 Å². The summed E-state index contributed by atoms with van der Waals surface area (Å²) in [6, 6.07) is 45.6. The molecule has 0 saturated heterocycles. The molecule has 117 heavy (non-hydrogen) atoms. The summed E-state index contributed by atoms with van der Waals surface area (Å²) in [6.45, 7) is 5.64. The first kappa shape index (κ1) is 93.6. The first-order valence-electron chi connectivity index (χ1n) is 32.0. The van der Waals surface area contributed by atoms with Crippen LogP contribution in [0.4, 0.5) is 45.5 Å². The molecule has 12 aromatic carbocycles. The molecule has 0 aromatic heterocycles. The van der Waals surface area contributed by atoms with Gasteiger partial charge in [0.15, 0.2) is 11.5 Å². The van der Waals surface area contributed by atoms with Crippen LogP contribution in [0, 0.1) is 27.7 Å². The van der Waals surface area contributed by atoms with Crippen molar-refractivity contribution in [3.63, 3.8) is 0 Å². The minimum absolute atomic E-state index is 0. The molecule has 0 bridgehead atoms. The Morgan fingerprint density at radius 1 is 0.256 bits per heavy atom. The van der Waals surface area contributed by atoms with Gasteiger partial charge in [-0.15, -0.1) is 10.2 Å². The van der Waals surface area contributed by atoms with Gasteiger partial charge in [0.05, 0.1) is 63.5 Å². The van der Waals surface area contributed by atoms with Crippen molar-refractivity contribution < 1.29 is 202 Å². The molecule has 0 unspecified atom stereocenters. The molecule has 34 nitrogen and oxygen atoms in total. The maximum Gasteiger partial charge on any atom is 1.00 e. The summed E-state index contributed by atoms with van der Waals surface area (Å²) in [7, 11) is -40.0. The van der Waals surface area contributed by atoms with Crippen LogP contribution in [0.1, 0.15) is 22.3 Å². The Hall–Kier alpha value is -8.88. The Bertz CT molecular complexity index is 6650. The van der Waals surface area contributed by atoms with E-state index in [0.29, 0.717) is 0 Å². The van der Waals surface area contributed by atoms with E-state index in [-0.39, 0.29) is 188 Å². The van der Waals surface area contributed by atoms with E-state index in [4.69, 9.17) is 8.37 Å². The van der Waals surface area contributed by atoms with E-state index in [0.717, 1.165) is 60.7 Å². The van der Waals surface area contributed by atoms with Crippen molar-refractivity contribution in [3.05, 3.63) is 241 Å². The summed E-state index contributed by atoms with van der Waals surface area (Å²) in [6.07, 6.45) is 0. The number of azo groups is 4. The largest absolute Gasteiger partial charge is 1.00 e. The number of nitrogens with zero attached hydrogens (tertiary/aromatic N) is 8. The summed E-state index contributed by atoms with van der Waals surface area (Å²) in [5, 5.41) is 52.8. The van der Waals surface area contributed by atoms with Crippen LogP contribution < -0.4 is 97.0 Å². The third-order valence-electron chi connectivity index (χ3n) is 16.5. The minimum atomic E-state index is -5.44. The third-order valence-corrected chi connectivity index (χ3v) is 24.3. The molecular formula is C72H50N8Na3O26S8-3. The fourth-order valence-electron chi connectivity index (χ4n) is 11.1. The van der Waals surface area contributed by atoms with Crippen molar-refractivity contribution in [1.29, 1.82) is 0 Å². The van der Waals surface area contributed by atoms with Gasteiger partial charge >= 0.3 is 109 Å². The SMILES string of the molecule is Cc1cc(-c2cc(C)c(N=Nc3cc(S(=O)(=O)[O-])c4ccccc4c3O)cc2S(=O)(=O)[O-])c(S(=O)(=O)[O-])cc1N=Nc1ccc(OS(=O)(=O)c2ccccc2)cc1.Cc1cc(-c2cc(C)c(N=Nc3cc(S(=O)(=O)[O-])c4ccccc4c3O)cc2S(=O)(=O)[O-])c(S(=O)(=O)[O-])cc1N=Nc1ccc(OS(=O)(=O)c2ccccc2)cc1.[Na+].[Na+].[Na+]. The van der Waals surface area contributed by atoms with Gasteiger partial charge in [0.1, 0.15) is 93.4 Å². The first-order valence-corrected chi connectivity index (χ1v) is 43.2. The topological polar surface area (TPSA) is 569 Å². The van der Waals surface area contributed by atoms with Gasteiger partial charge in [-0.1, -0.05) is 84.9 Å². The normalized spacial score (nSPS) is 12.5. The number of aryl methyl sites for hydroxylation is 4. The molecule has 0 amide bonds. The Kier molecular flexibility index (Phi) is 29.4. The van der Waals surface area contributed by atoms with E-state index < -0.39 is 155 Å². The van der Waals surface area contributed by atoms with Gasteiger partial charge in [0.25, 0.3) is 0 Å². The van der Waals surface area contributed by atoms with Gasteiger partial charge in [-0.3, -0.25) is 0 Å². The molecule has 0 fully saturated rings. The number of hydrogen-bond acceptors (Lipinski definition) is 34. The van der Waals surface area contributed by atoms with Gasteiger partial charge in [0, 0.05) is 43.8 Å². The van der Waals surface area contributed by atoms with Crippen LogP contribution >= 0.6 is 0 Å². The number of benzene rings is 12. The molecule has 588 valence electrons. The van der Waals surface area contributed by atoms with E-state index in [1.165, 1.54) is 173 Å². The number of rotatable bonds is 22. The summed E-state index contributed by atoms with van der Waals surface area (Å²) < 4.78 is 283. The van der Waals surface area contributed by atoms with Crippen LogP contribution in [-0.4, -0.2) is 105 Å². The average Bonchev–Trinajstić information content (AvgIpc) is 0.789.